The Morgan fingerprint density at radius 2 is 1.89 bits per heavy atom. The fourth-order valence-corrected chi connectivity index (χ4v) is 4.46. The Labute approximate surface area is 165 Å². The van der Waals surface area contributed by atoms with Gasteiger partial charge in [-0.25, -0.2) is 5.10 Å². The molecule has 0 unspecified atom stereocenters. The molecule has 0 bridgehead atoms. The van der Waals surface area contributed by atoms with Crippen molar-refractivity contribution in [1.29, 1.82) is 0 Å². The number of carbonyl (C=O) groups excluding carboxylic acids is 2. The minimum Gasteiger partial charge on any atom is -0.355 e. The molecule has 9 nitrogen and oxygen atoms in total. The number of nitrogens with one attached hydrogen (secondary N) is 2. The number of rotatable bonds is 7. The summed E-state index contributed by atoms with van der Waals surface area (Å²) in [6.07, 6.45) is 6.80. The molecular weight excluding hydrogens is 358 g/mol. The van der Waals surface area contributed by atoms with E-state index in [1.807, 2.05) is 4.90 Å². The maximum absolute atomic E-state index is 12.9. The van der Waals surface area contributed by atoms with E-state index in [1.165, 1.54) is 19.2 Å². The molecule has 1 aliphatic carbocycles. The lowest BCUT2D eigenvalue weighted by Gasteiger charge is -2.36. The van der Waals surface area contributed by atoms with Crippen LogP contribution in [0.25, 0.3) is 0 Å². The van der Waals surface area contributed by atoms with Gasteiger partial charge in [-0.15, -0.1) is 0 Å². The van der Waals surface area contributed by atoms with Crippen LogP contribution in [-0.2, 0) is 9.59 Å². The fraction of sp³-hybridized carbons (Fsp3) is 0.789. The number of anilines is 1. The Kier molecular flexibility index (Phi) is 5.79. The molecule has 2 amide bonds. The van der Waals surface area contributed by atoms with Crippen LogP contribution in [0, 0.1) is 5.92 Å². The van der Waals surface area contributed by atoms with Crippen LogP contribution in [0.15, 0.2) is 6.33 Å². The summed E-state index contributed by atoms with van der Waals surface area (Å²) in [6.45, 7) is 6.35. The summed E-state index contributed by atoms with van der Waals surface area (Å²) in [7, 11) is 0. The van der Waals surface area contributed by atoms with Crippen molar-refractivity contribution in [2.24, 2.45) is 5.92 Å². The van der Waals surface area contributed by atoms with Crippen LogP contribution in [0.1, 0.15) is 39.0 Å². The molecule has 1 aromatic rings. The van der Waals surface area contributed by atoms with Crippen molar-refractivity contribution >= 4 is 17.8 Å². The smallest absolute Gasteiger partial charge is 0.224 e. The van der Waals surface area contributed by atoms with E-state index >= 15 is 0 Å². The molecule has 0 aromatic carbocycles. The van der Waals surface area contributed by atoms with Gasteiger partial charge in [0.15, 0.2) is 0 Å². The quantitative estimate of drug-likeness (QED) is 0.693. The van der Waals surface area contributed by atoms with Gasteiger partial charge in [0.1, 0.15) is 6.33 Å². The van der Waals surface area contributed by atoms with Gasteiger partial charge in [-0.1, -0.05) is 0 Å². The molecule has 2 N–H and O–H groups in total. The number of carbonyl (C=O) groups is 2. The first kappa shape index (κ1) is 19.2. The second-order valence-corrected chi connectivity index (χ2v) is 8.34. The van der Waals surface area contributed by atoms with Crippen LogP contribution in [0.5, 0.6) is 0 Å². The Balaban J connectivity index is 1.29. The summed E-state index contributed by atoms with van der Waals surface area (Å²) < 4.78 is 0. The molecule has 2 atom stereocenters. The number of likely N-dealkylation sites (tertiary alicyclic amines) is 1. The van der Waals surface area contributed by atoms with Crippen LogP contribution in [0.2, 0.25) is 0 Å². The molecule has 0 radical (unpaired) electrons. The Morgan fingerprint density at radius 3 is 2.54 bits per heavy atom. The number of H-pyrrole nitrogens is 1. The van der Waals surface area contributed by atoms with Crippen molar-refractivity contribution < 1.29 is 9.59 Å². The predicted molar refractivity (Wildman–Crippen MR) is 105 cm³/mol. The molecule has 1 aromatic heterocycles. The SMILES string of the molecule is CC(=O)NC[C@@H]1CC[C@H](CC(=O)N2CCN(c3ncn[nH]3)CC2)N1CC1CC1. The third-order valence-electron chi connectivity index (χ3n) is 6.27. The Bertz CT molecular complexity index is 668. The highest BCUT2D eigenvalue weighted by molar-refractivity contribution is 5.77. The largest absolute Gasteiger partial charge is 0.355 e. The maximum Gasteiger partial charge on any atom is 0.224 e. The van der Waals surface area contributed by atoms with E-state index in [2.05, 4.69) is 30.3 Å². The van der Waals surface area contributed by atoms with Gasteiger partial charge in [0.2, 0.25) is 17.8 Å². The zero-order valence-electron chi connectivity index (χ0n) is 16.6. The van der Waals surface area contributed by atoms with Crippen LogP contribution in [0.4, 0.5) is 5.95 Å². The highest BCUT2D eigenvalue weighted by Crippen LogP contribution is 2.35. The molecule has 1 saturated carbocycles. The summed E-state index contributed by atoms with van der Waals surface area (Å²) in [5, 5.41) is 9.76. The molecule has 4 rings (SSSR count). The summed E-state index contributed by atoms with van der Waals surface area (Å²) in [5.41, 5.74) is 0. The van der Waals surface area contributed by atoms with Crippen molar-refractivity contribution in [2.45, 2.75) is 51.1 Å². The van der Waals surface area contributed by atoms with Gasteiger partial charge >= 0.3 is 0 Å². The van der Waals surface area contributed by atoms with Crippen LogP contribution < -0.4 is 10.2 Å². The molecule has 0 spiro atoms. The number of hydrogen-bond acceptors (Lipinski definition) is 6. The lowest BCUT2D eigenvalue weighted by molar-refractivity contribution is -0.132. The van der Waals surface area contributed by atoms with E-state index in [0.29, 0.717) is 25.0 Å². The van der Waals surface area contributed by atoms with Crippen molar-refractivity contribution in [3.63, 3.8) is 0 Å². The van der Waals surface area contributed by atoms with Gasteiger partial charge in [0.05, 0.1) is 0 Å². The molecule has 28 heavy (non-hydrogen) atoms. The second kappa shape index (κ2) is 8.46. The van der Waals surface area contributed by atoms with E-state index in [9.17, 15) is 9.59 Å². The van der Waals surface area contributed by atoms with E-state index in [1.54, 1.807) is 6.92 Å². The number of hydrogen-bond donors (Lipinski definition) is 2. The minimum absolute atomic E-state index is 0.0236. The van der Waals surface area contributed by atoms with Crippen molar-refractivity contribution in [3.05, 3.63) is 6.33 Å². The number of nitrogens with zero attached hydrogens (tertiary/aromatic N) is 5. The van der Waals surface area contributed by atoms with Gasteiger partial charge in [-0.2, -0.15) is 10.1 Å². The third kappa shape index (κ3) is 4.63. The van der Waals surface area contributed by atoms with E-state index in [-0.39, 0.29) is 11.8 Å². The van der Waals surface area contributed by atoms with Crippen molar-refractivity contribution in [2.75, 3.05) is 44.2 Å². The van der Waals surface area contributed by atoms with Crippen LogP contribution in [-0.4, -0.2) is 88.1 Å². The number of piperazine rings is 1. The summed E-state index contributed by atoms with van der Waals surface area (Å²) in [4.78, 5) is 35.1. The summed E-state index contributed by atoms with van der Waals surface area (Å²) in [6, 6.07) is 0.671. The lowest BCUT2D eigenvalue weighted by Crippen LogP contribution is -2.51. The first-order valence-corrected chi connectivity index (χ1v) is 10.5. The number of amides is 2. The first-order valence-electron chi connectivity index (χ1n) is 10.5. The second-order valence-electron chi connectivity index (χ2n) is 8.34. The maximum atomic E-state index is 12.9. The van der Waals surface area contributed by atoms with Crippen molar-refractivity contribution in [3.8, 4) is 0 Å². The molecule has 3 aliphatic rings. The topological polar surface area (TPSA) is 97.5 Å². The lowest BCUT2D eigenvalue weighted by atomic mass is 10.1. The molecule has 2 saturated heterocycles. The molecule has 3 fully saturated rings. The molecule has 9 heteroatoms. The van der Waals surface area contributed by atoms with Gasteiger partial charge in [0.25, 0.3) is 0 Å². The number of aromatic amines is 1. The molecule has 3 heterocycles. The standard InChI is InChI=1S/C19H31N7O2/c1-14(27)20-11-17-5-4-16(26(17)12-15-2-3-15)10-18(28)24-6-8-25(9-7-24)19-21-13-22-23-19/h13,15-17H,2-12H2,1H3,(H,20,27)(H,21,22,23)/t16-,17+/m1/s1. The molecule has 154 valence electrons. The van der Waals surface area contributed by atoms with Crippen molar-refractivity contribution in [1.82, 2.24) is 30.3 Å². The van der Waals surface area contributed by atoms with E-state index < -0.39 is 0 Å². The van der Waals surface area contributed by atoms with E-state index in [4.69, 9.17) is 0 Å². The highest BCUT2D eigenvalue weighted by Gasteiger charge is 2.38. The molecular formula is C19H31N7O2. The summed E-state index contributed by atoms with van der Waals surface area (Å²) in [5.74, 6) is 1.83. The fourth-order valence-electron chi connectivity index (χ4n) is 4.46. The first-order chi connectivity index (χ1) is 13.6. The minimum atomic E-state index is 0.0236. The Hall–Kier alpha value is -2.16. The summed E-state index contributed by atoms with van der Waals surface area (Å²) >= 11 is 0. The molecule has 2 aliphatic heterocycles. The highest BCUT2D eigenvalue weighted by atomic mass is 16.2. The average molecular weight is 390 g/mol. The normalized spacial score (nSPS) is 25.9. The van der Waals surface area contributed by atoms with Gasteiger partial charge in [-0.3, -0.25) is 14.5 Å². The predicted octanol–water partition coefficient (Wildman–Crippen LogP) is 0.223. The van der Waals surface area contributed by atoms with Crippen LogP contribution in [0.3, 0.4) is 0 Å². The van der Waals surface area contributed by atoms with Gasteiger partial charge < -0.3 is 15.1 Å². The van der Waals surface area contributed by atoms with Gasteiger partial charge in [0, 0.05) is 64.7 Å². The zero-order chi connectivity index (χ0) is 19.5. The number of aromatic nitrogens is 3. The third-order valence-corrected chi connectivity index (χ3v) is 6.27. The van der Waals surface area contributed by atoms with Gasteiger partial charge in [-0.05, 0) is 31.6 Å². The zero-order valence-corrected chi connectivity index (χ0v) is 16.6. The van der Waals surface area contributed by atoms with E-state index in [0.717, 1.165) is 57.4 Å². The average Bonchev–Trinajstić information content (AvgIpc) is 3.19. The van der Waals surface area contributed by atoms with Crippen LogP contribution >= 0.6 is 0 Å². The monoisotopic (exact) mass is 389 g/mol. The Morgan fingerprint density at radius 1 is 1.14 bits per heavy atom.